The maximum absolute atomic E-state index is 12.3. The lowest BCUT2D eigenvalue weighted by atomic mass is 10.1. The molecule has 2 unspecified atom stereocenters. The van der Waals surface area contributed by atoms with Gasteiger partial charge in [-0.15, -0.1) is 0 Å². The minimum Gasteiger partial charge on any atom is -0.486 e. The summed E-state index contributed by atoms with van der Waals surface area (Å²) in [5.41, 5.74) is 0.634. The van der Waals surface area contributed by atoms with E-state index in [4.69, 9.17) is 19.3 Å². The van der Waals surface area contributed by atoms with E-state index in [0.29, 0.717) is 30.4 Å². The van der Waals surface area contributed by atoms with Crippen molar-refractivity contribution in [3.05, 3.63) is 18.2 Å². The first-order chi connectivity index (χ1) is 12.5. The molecule has 1 aromatic carbocycles. The third-order valence-corrected chi connectivity index (χ3v) is 4.35. The van der Waals surface area contributed by atoms with Gasteiger partial charge in [-0.1, -0.05) is 0 Å². The molecule has 9 nitrogen and oxygen atoms in total. The summed E-state index contributed by atoms with van der Waals surface area (Å²) in [5.74, 6) is -1.07. The van der Waals surface area contributed by atoms with Crippen LogP contribution in [-0.4, -0.2) is 62.4 Å². The molecule has 2 amide bonds. The fourth-order valence-electron chi connectivity index (χ4n) is 2.94. The Hall–Kier alpha value is -2.81. The van der Waals surface area contributed by atoms with Gasteiger partial charge >= 0.3 is 5.97 Å². The number of benzene rings is 1. The Kier molecular flexibility index (Phi) is 5.27. The molecule has 2 aliphatic rings. The van der Waals surface area contributed by atoms with Gasteiger partial charge < -0.3 is 29.5 Å². The summed E-state index contributed by atoms with van der Waals surface area (Å²) in [6, 6.07) is 5.20. The number of amides is 2. The van der Waals surface area contributed by atoms with Crippen LogP contribution in [0.2, 0.25) is 0 Å². The summed E-state index contributed by atoms with van der Waals surface area (Å²) in [5, 5.41) is 11.5. The number of ether oxygens (including phenoxy) is 3. The van der Waals surface area contributed by atoms with Gasteiger partial charge in [-0.25, -0.2) is 4.79 Å². The van der Waals surface area contributed by atoms with Crippen molar-refractivity contribution in [3.63, 3.8) is 0 Å². The second-order valence-electron chi connectivity index (χ2n) is 6.04. The van der Waals surface area contributed by atoms with Gasteiger partial charge in [-0.2, -0.15) is 0 Å². The van der Waals surface area contributed by atoms with Crippen molar-refractivity contribution in [3.8, 4) is 11.5 Å². The normalized spacial score (nSPS) is 20.0. The molecular formula is C17H20N2O7. The predicted molar refractivity (Wildman–Crippen MR) is 89.3 cm³/mol. The largest absolute Gasteiger partial charge is 0.486 e. The van der Waals surface area contributed by atoms with Gasteiger partial charge in [0.25, 0.3) is 0 Å². The summed E-state index contributed by atoms with van der Waals surface area (Å²) >= 11 is 0. The lowest BCUT2D eigenvalue weighted by Gasteiger charge is -2.22. The van der Waals surface area contributed by atoms with Crippen LogP contribution in [0.1, 0.15) is 6.42 Å². The van der Waals surface area contributed by atoms with Crippen LogP contribution in [0.3, 0.4) is 0 Å². The molecule has 1 saturated heterocycles. The molecule has 0 saturated carbocycles. The molecule has 2 atom stereocenters. The summed E-state index contributed by atoms with van der Waals surface area (Å²) in [4.78, 5) is 37.0. The molecule has 140 valence electrons. The molecule has 0 aromatic heterocycles. The van der Waals surface area contributed by atoms with Crippen molar-refractivity contribution in [1.29, 1.82) is 0 Å². The molecule has 1 fully saturated rings. The number of methoxy groups -OCH3 is 1. The lowest BCUT2D eigenvalue weighted by Crippen LogP contribution is -2.41. The standard InChI is InChI=1S/C17H20N2O7/c1-24-14(17(22)23)8-18-16(21)10-6-15(20)19(9-10)11-2-3-12-13(7-11)26-5-4-25-12/h2-3,7,10,14H,4-6,8-9H2,1H3,(H,18,21)(H,22,23). The fraction of sp³-hybridized carbons (Fsp3) is 0.471. The molecule has 0 aliphatic carbocycles. The minimum absolute atomic E-state index is 0.0605. The predicted octanol–water partition coefficient (Wildman–Crippen LogP) is 0.0265. The highest BCUT2D eigenvalue weighted by atomic mass is 16.6. The number of nitrogens with zero attached hydrogens (tertiary/aromatic N) is 1. The highest BCUT2D eigenvalue weighted by Gasteiger charge is 2.36. The van der Waals surface area contributed by atoms with E-state index in [1.54, 1.807) is 18.2 Å². The zero-order valence-electron chi connectivity index (χ0n) is 14.3. The van der Waals surface area contributed by atoms with Crippen molar-refractivity contribution < 1.29 is 33.7 Å². The van der Waals surface area contributed by atoms with E-state index in [1.807, 2.05) is 0 Å². The van der Waals surface area contributed by atoms with Crippen molar-refractivity contribution in [1.82, 2.24) is 5.32 Å². The highest BCUT2D eigenvalue weighted by Crippen LogP contribution is 2.35. The maximum Gasteiger partial charge on any atom is 0.334 e. The first kappa shape index (κ1) is 18.0. The van der Waals surface area contributed by atoms with Crippen LogP contribution in [-0.2, 0) is 19.1 Å². The first-order valence-corrected chi connectivity index (χ1v) is 8.23. The van der Waals surface area contributed by atoms with E-state index in [1.165, 1.54) is 12.0 Å². The average molecular weight is 364 g/mol. The molecule has 26 heavy (non-hydrogen) atoms. The Labute approximate surface area is 149 Å². The smallest absolute Gasteiger partial charge is 0.334 e. The van der Waals surface area contributed by atoms with E-state index in [-0.39, 0.29) is 31.3 Å². The minimum atomic E-state index is -1.16. The molecule has 2 heterocycles. The number of hydrogen-bond acceptors (Lipinski definition) is 6. The van der Waals surface area contributed by atoms with Gasteiger partial charge in [-0.05, 0) is 12.1 Å². The van der Waals surface area contributed by atoms with Crippen LogP contribution in [0.15, 0.2) is 18.2 Å². The van der Waals surface area contributed by atoms with E-state index < -0.39 is 18.0 Å². The third kappa shape index (κ3) is 3.72. The zero-order chi connectivity index (χ0) is 18.7. The van der Waals surface area contributed by atoms with Crippen LogP contribution in [0.4, 0.5) is 5.69 Å². The topological polar surface area (TPSA) is 114 Å². The van der Waals surface area contributed by atoms with Crippen LogP contribution in [0, 0.1) is 5.92 Å². The van der Waals surface area contributed by atoms with E-state index in [2.05, 4.69) is 5.32 Å². The number of fused-ring (bicyclic) bond motifs is 1. The molecule has 3 rings (SSSR count). The Morgan fingerprint density at radius 1 is 1.35 bits per heavy atom. The van der Waals surface area contributed by atoms with Crippen LogP contribution in [0.25, 0.3) is 0 Å². The number of hydrogen-bond donors (Lipinski definition) is 2. The number of carbonyl (C=O) groups excluding carboxylic acids is 2. The van der Waals surface area contributed by atoms with Gasteiger partial charge in [0.15, 0.2) is 17.6 Å². The quantitative estimate of drug-likeness (QED) is 0.732. The van der Waals surface area contributed by atoms with E-state index in [9.17, 15) is 14.4 Å². The third-order valence-electron chi connectivity index (χ3n) is 4.35. The van der Waals surface area contributed by atoms with Gasteiger partial charge in [0, 0.05) is 31.8 Å². The summed E-state index contributed by atoms with van der Waals surface area (Å²) in [6.45, 7) is 0.990. The monoisotopic (exact) mass is 364 g/mol. The Morgan fingerprint density at radius 2 is 2.08 bits per heavy atom. The number of rotatable bonds is 6. The second kappa shape index (κ2) is 7.61. The molecule has 0 radical (unpaired) electrons. The van der Waals surface area contributed by atoms with Gasteiger partial charge in [0.2, 0.25) is 11.8 Å². The van der Waals surface area contributed by atoms with Crippen molar-refractivity contribution >= 4 is 23.5 Å². The van der Waals surface area contributed by atoms with Gasteiger partial charge in [-0.3, -0.25) is 9.59 Å². The fourth-order valence-corrected chi connectivity index (χ4v) is 2.94. The molecule has 1 aromatic rings. The highest BCUT2D eigenvalue weighted by molar-refractivity contribution is 6.00. The number of carbonyl (C=O) groups is 3. The van der Waals surface area contributed by atoms with Crippen LogP contribution in [0.5, 0.6) is 11.5 Å². The second-order valence-corrected chi connectivity index (χ2v) is 6.04. The van der Waals surface area contributed by atoms with Gasteiger partial charge in [0.05, 0.1) is 12.5 Å². The number of carboxylic acid groups (broad SMARTS) is 1. The number of carboxylic acids is 1. The SMILES string of the molecule is COC(CNC(=O)C1CC(=O)N(c2ccc3c(c2)OCCO3)C1)C(=O)O. The number of aliphatic carboxylic acids is 1. The first-order valence-electron chi connectivity index (χ1n) is 8.23. The molecular weight excluding hydrogens is 344 g/mol. The molecule has 0 spiro atoms. The van der Waals surface area contributed by atoms with Gasteiger partial charge in [0.1, 0.15) is 13.2 Å². The Morgan fingerprint density at radius 3 is 2.77 bits per heavy atom. The zero-order valence-corrected chi connectivity index (χ0v) is 14.3. The number of nitrogens with one attached hydrogen (secondary N) is 1. The lowest BCUT2D eigenvalue weighted by molar-refractivity contribution is -0.148. The molecule has 2 aliphatic heterocycles. The Bertz CT molecular complexity index is 721. The number of anilines is 1. The van der Waals surface area contributed by atoms with Crippen LogP contribution < -0.4 is 19.7 Å². The van der Waals surface area contributed by atoms with Crippen molar-refractivity contribution in [2.75, 3.05) is 38.3 Å². The van der Waals surface area contributed by atoms with Crippen molar-refractivity contribution in [2.45, 2.75) is 12.5 Å². The molecule has 2 N–H and O–H groups in total. The summed E-state index contributed by atoms with van der Waals surface area (Å²) < 4.78 is 15.8. The average Bonchev–Trinajstić information content (AvgIpc) is 3.03. The van der Waals surface area contributed by atoms with E-state index in [0.717, 1.165) is 0 Å². The molecule has 9 heteroatoms. The maximum atomic E-state index is 12.3. The van der Waals surface area contributed by atoms with Crippen LogP contribution >= 0.6 is 0 Å². The summed E-state index contributed by atoms with van der Waals surface area (Å²) in [6.07, 6.45) is -1.06. The van der Waals surface area contributed by atoms with Crippen molar-refractivity contribution in [2.24, 2.45) is 5.92 Å². The Balaban J connectivity index is 1.63. The molecule has 0 bridgehead atoms. The van der Waals surface area contributed by atoms with E-state index >= 15 is 0 Å². The summed E-state index contributed by atoms with van der Waals surface area (Å²) in [7, 11) is 1.26.